The highest BCUT2D eigenvalue weighted by Gasteiger charge is 2.22. The Kier molecular flexibility index (Phi) is 4.98. The summed E-state index contributed by atoms with van der Waals surface area (Å²) in [6.45, 7) is 3.80. The van der Waals surface area contributed by atoms with E-state index in [1.54, 1.807) is 18.2 Å². The van der Waals surface area contributed by atoms with Gasteiger partial charge in [0.15, 0.2) is 0 Å². The molecule has 0 spiro atoms. The quantitative estimate of drug-likeness (QED) is 0.742. The molecule has 0 aliphatic rings. The lowest BCUT2D eigenvalue weighted by Gasteiger charge is -2.15. The van der Waals surface area contributed by atoms with Gasteiger partial charge < -0.3 is 10.4 Å². The second-order valence-corrected chi connectivity index (χ2v) is 6.44. The monoisotopic (exact) mass is 348 g/mol. The fourth-order valence-corrected chi connectivity index (χ4v) is 2.98. The molecule has 3 rings (SSSR count). The second-order valence-electron chi connectivity index (χ2n) is 6.44. The van der Waals surface area contributed by atoms with E-state index in [1.165, 1.54) is 0 Å². The van der Waals surface area contributed by atoms with Gasteiger partial charge in [-0.05, 0) is 38.1 Å². The predicted octanol–water partition coefficient (Wildman–Crippen LogP) is 3.28. The molecule has 5 nitrogen and oxygen atoms in total. The Bertz CT molecular complexity index is 962. The molecule has 0 saturated carbocycles. The SMILES string of the molecule is Cc1cc(C)cc(C(=O)N[C@@H](Cc2ccc3ccccc3n2)C(=O)O)c1. The molecular formula is C21H20N2O3. The van der Waals surface area contributed by atoms with Gasteiger partial charge in [-0.1, -0.05) is 41.5 Å². The molecular weight excluding hydrogens is 328 g/mol. The van der Waals surface area contributed by atoms with Crippen LogP contribution in [0, 0.1) is 13.8 Å². The number of hydrogen-bond donors (Lipinski definition) is 2. The maximum atomic E-state index is 12.5. The zero-order chi connectivity index (χ0) is 18.7. The van der Waals surface area contributed by atoms with Crippen LogP contribution in [0.1, 0.15) is 27.2 Å². The van der Waals surface area contributed by atoms with Crippen LogP contribution in [0.25, 0.3) is 10.9 Å². The molecule has 1 atom stereocenters. The molecule has 0 saturated heterocycles. The van der Waals surface area contributed by atoms with Crippen molar-refractivity contribution in [1.29, 1.82) is 0 Å². The summed E-state index contributed by atoms with van der Waals surface area (Å²) in [5, 5.41) is 13.1. The third-order valence-electron chi connectivity index (χ3n) is 4.16. The molecule has 5 heteroatoms. The summed E-state index contributed by atoms with van der Waals surface area (Å²) in [5.74, 6) is -1.48. The summed E-state index contributed by atoms with van der Waals surface area (Å²) >= 11 is 0. The second kappa shape index (κ2) is 7.35. The minimum atomic E-state index is -1.09. The van der Waals surface area contributed by atoms with Gasteiger partial charge in [0.1, 0.15) is 6.04 Å². The number of carbonyl (C=O) groups excluding carboxylic acids is 1. The van der Waals surface area contributed by atoms with E-state index in [1.807, 2.05) is 50.2 Å². The van der Waals surface area contributed by atoms with Crippen LogP contribution < -0.4 is 5.32 Å². The van der Waals surface area contributed by atoms with E-state index >= 15 is 0 Å². The number of aliphatic carboxylic acids is 1. The summed E-state index contributed by atoms with van der Waals surface area (Å²) in [4.78, 5) is 28.6. The fourth-order valence-electron chi connectivity index (χ4n) is 2.98. The standard InChI is InChI=1S/C21H20N2O3/c1-13-9-14(2)11-16(10-13)20(24)23-19(21(25)26)12-17-8-7-15-5-3-4-6-18(15)22-17/h3-11,19H,12H2,1-2H3,(H,23,24)(H,25,26)/t19-/m0/s1. The number of benzene rings is 2. The Morgan fingerprint density at radius 3 is 2.42 bits per heavy atom. The number of fused-ring (bicyclic) bond motifs is 1. The van der Waals surface area contributed by atoms with Crippen molar-refractivity contribution in [2.45, 2.75) is 26.3 Å². The highest BCUT2D eigenvalue weighted by atomic mass is 16.4. The van der Waals surface area contributed by atoms with Crippen LogP contribution in [-0.4, -0.2) is 28.0 Å². The number of hydrogen-bond acceptors (Lipinski definition) is 3. The zero-order valence-electron chi connectivity index (χ0n) is 14.7. The Morgan fingerprint density at radius 1 is 1.04 bits per heavy atom. The zero-order valence-corrected chi connectivity index (χ0v) is 14.7. The first-order valence-electron chi connectivity index (χ1n) is 8.39. The molecule has 0 aliphatic carbocycles. The summed E-state index contributed by atoms with van der Waals surface area (Å²) < 4.78 is 0. The molecule has 0 fully saturated rings. The average molecular weight is 348 g/mol. The third kappa shape index (κ3) is 4.06. The van der Waals surface area contributed by atoms with Gasteiger partial charge in [0.05, 0.1) is 5.52 Å². The predicted molar refractivity (Wildman–Crippen MR) is 100 cm³/mol. The molecule has 1 aromatic heterocycles. The first-order valence-corrected chi connectivity index (χ1v) is 8.39. The van der Waals surface area contributed by atoms with Crippen molar-refractivity contribution in [3.05, 3.63) is 77.0 Å². The van der Waals surface area contributed by atoms with Gasteiger partial charge in [-0.3, -0.25) is 9.78 Å². The molecule has 132 valence electrons. The molecule has 0 radical (unpaired) electrons. The van der Waals surface area contributed by atoms with Crippen LogP contribution in [0.15, 0.2) is 54.6 Å². The van der Waals surface area contributed by atoms with Crippen LogP contribution >= 0.6 is 0 Å². The van der Waals surface area contributed by atoms with Gasteiger partial charge in [0, 0.05) is 23.1 Å². The van der Waals surface area contributed by atoms with Crippen LogP contribution in [0.2, 0.25) is 0 Å². The molecule has 1 heterocycles. The Balaban J connectivity index is 1.80. The first-order chi connectivity index (χ1) is 12.4. The molecule has 0 aliphatic heterocycles. The number of aryl methyl sites for hydroxylation is 2. The highest BCUT2D eigenvalue weighted by Crippen LogP contribution is 2.14. The molecule has 2 N–H and O–H groups in total. The topological polar surface area (TPSA) is 79.3 Å². The maximum absolute atomic E-state index is 12.5. The summed E-state index contributed by atoms with van der Waals surface area (Å²) in [6.07, 6.45) is 0.122. The lowest BCUT2D eigenvalue weighted by molar-refractivity contribution is -0.139. The van der Waals surface area contributed by atoms with Gasteiger partial charge in [0.25, 0.3) is 5.91 Å². The highest BCUT2D eigenvalue weighted by molar-refractivity contribution is 5.97. The van der Waals surface area contributed by atoms with E-state index in [4.69, 9.17) is 0 Å². The van der Waals surface area contributed by atoms with E-state index < -0.39 is 17.9 Å². The number of pyridine rings is 1. The number of carboxylic acids is 1. The van der Waals surface area contributed by atoms with Crippen LogP contribution in [0.4, 0.5) is 0 Å². The van der Waals surface area contributed by atoms with Crippen molar-refractivity contribution in [2.75, 3.05) is 0 Å². The molecule has 2 aromatic carbocycles. The maximum Gasteiger partial charge on any atom is 0.326 e. The number of aromatic nitrogens is 1. The van der Waals surface area contributed by atoms with Crippen molar-refractivity contribution in [1.82, 2.24) is 10.3 Å². The number of carboxylic acid groups (broad SMARTS) is 1. The van der Waals surface area contributed by atoms with Crippen molar-refractivity contribution >= 4 is 22.8 Å². The summed E-state index contributed by atoms with van der Waals surface area (Å²) in [7, 11) is 0. The number of nitrogens with one attached hydrogen (secondary N) is 1. The molecule has 26 heavy (non-hydrogen) atoms. The minimum Gasteiger partial charge on any atom is -0.480 e. The Morgan fingerprint density at radius 2 is 1.73 bits per heavy atom. The largest absolute Gasteiger partial charge is 0.480 e. The van der Waals surface area contributed by atoms with E-state index in [9.17, 15) is 14.7 Å². The number of amides is 1. The van der Waals surface area contributed by atoms with E-state index in [2.05, 4.69) is 10.3 Å². The number of nitrogens with zero attached hydrogens (tertiary/aromatic N) is 1. The lowest BCUT2D eigenvalue weighted by atomic mass is 10.1. The van der Waals surface area contributed by atoms with E-state index in [-0.39, 0.29) is 6.42 Å². The van der Waals surface area contributed by atoms with Crippen molar-refractivity contribution in [3.8, 4) is 0 Å². The average Bonchev–Trinajstić information content (AvgIpc) is 2.60. The Hall–Kier alpha value is -3.21. The van der Waals surface area contributed by atoms with E-state index in [0.717, 1.165) is 22.0 Å². The van der Waals surface area contributed by atoms with Gasteiger partial charge >= 0.3 is 5.97 Å². The lowest BCUT2D eigenvalue weighted by Crippen LogP contribution is -2.42. The van der Waals surface area contributed by atoms with Gasteiger partial charge in [0.2, 0.25) is 0 Å². The summed E-state index contributed by atoms with van der Waals surface area (Å²) in [6, 6.07) is 15.7. The van der Waals surface area contributed by atoms with Crippen molar-refractivity contribution in [3.63, 3.8) is 0 Å². The van der Waals surface area contributed by atoms with Gasteiger partial charge in [-0.25, -0.2) is 4.79 Å². The van der Waals surface area contributed by atoms with Crippen LogP contribution in [0.3, 0.4) is 0 Å². The Labute approximate surface area is 151 Å². The van der Waals surface area contributed by atoms with E-state index in [0.29, 0.717) is 11.3 Å². The number of carbonyl (C=O) groups is 2. The number of rotatable bonds is 5. The first kappa shape index (κ1) is 17.6. The van der Waals surface area contributed by atoms with Crippen molar-refractivity contribution in [2.24, 2.45) is 0 Å². The molecule has 3 aromatic rings. The number of para-hydroxylation sites is 1. The normalized spacial score (nSPS) is 11.9. The molecule has 1 amide bonds. The summed E-state index contributed by atoms with van der Waals surface area (Å²) in [5.41, 5.74) is 3.79. The fraction of sp³-hybridized carbons (Fsp3) is 0.190. The third-order valence-corrected chi connectivity index (χ3v) is 4.16. The van der Waals surface area contributed by atoms with Gasteiger partial charge in [-0.2, -0.15) is 0 Å². The minimum absolute atomic E-state index is 0.122. The van der Waals surface area contributed by atoms with Crippen LogP contribution in [0.5, 0.6) is 0 Å². The van der Waals surface area contributed by atoms with Gasteiger partial charge in [-0.15, -0.1) is 0 Å². The van der Waals surface area contributed by atoms with Crippen LogP contribution in [-0.2, 0) is 11.2 Å². The molecule has 0 unspecified atom stereocenters. The molecule has 0 bridgehead atoms. The smallest absolute Gasteiger partial charge is 0.326 e. The van der Waals surface area contributed by atoms with Crippen molar-refractivity contribution < 1.29 is 14.7 Å².